The van der Waals surface area contributed by atoms with Crippen molar-refractivity contribution in [3.05, 3.63) is 33.8 Å². The van der Waals surface area contributed by atoms with Gasteiger partial charge in [0.25, 0.3) is 0 Å². The van der Waals surface area contributed by atoms with E-state index < -0.39 is 0 Å². The molecule has 84 valence electrons. The van der Waals surface area contributed by atoms with Crippen molar-refractivity contribution >= 4 is 22.0 Å². The van der Waals surface area contributed by atoms with Gasteiger partial charge in [0.15, 0.2) is 0 Å². The van der Waals surface area contributed by atoms with Crippen LogP contribution in [0.4, 0.5) is 4.79 Å². The Kier molecular flexibility index (Phi) is 2.21. The number of benzene rings is 1. The van der Waals surface area contributed by atoms with E-state index in [2.05, 4.69) is 35.0 Å². The Balaban J connectivity index is 2.10. The molecular weight excluding hydrogens is 270 g/mol. The molecule has 0 bridgehead atoms. The lowest BCUT2D eigenvalue weighted by molar-refractivity contribution is 0.144. The Labute approximate surface area is 103 Å². The third-order valence-electron chi connectivity index (χ3n) is 3.47. The van der Waals surface area contributed by atoms with Crippen molar-refractivity contribution in [3.63, 3.8) is 0 Å². The Morgan fingerprint density at radius 1 is 1.50 bits per heavy atom. The van der Waals surface area contributed by atoms with Crippen LogP contribution >= 0.6 is 15.9 Å². The van der Waals surface area contributed by atoms with E-state index in [9.17, 15) is 4.79 Å². The minimum absolute atomic E-state index is 0.112. The summed E-state index contributed by atoms with van der Waals surface area (Å²) in [7, 11) is 0. The molecule has 0 aliphatic carbocycles. The minimum atomic E-state index is -0.178. The topological polar surface area (TPSA) is 29.5 Å². The quantitative estimate of drug-likeness (QED) is 0.732. The number of hydrogen-bond acceptors (Lipinski definition) is 2. The van der Waals surface area contributed by atoms with Crippen LogP contribution in [-0.4, -0.2) is 23.6 Å². The number of carbonyl (C=O) groups excluding carboxylic acids is 1. The van der Waals surface area contributed by atoms with Crippen LogP contribution in [-0.2, 0) is 11.2 Å². The molecule has 1 saturated heterocycles. The highest BCUT2D eigenvalue weighted by Gasteiger charge is 2.41. The van der Waals surface area contributed by atoms with Gasteiger partial charge in [0.1, 0.15) is 6.61 Å². The maximum Gasteiger partial charge on any atom is 0.410 e. The average molecular weight is 282 g/mol. The van der Waals surface area contributed by atoms with E-state index in [0.29, 0.717) is 6.61 Å². The smallest absolute Gasteiger partial charge is 0.410 e. The van der Waals surface area contributed by atoms with Gasteiger partial charge in [-0.15, -0.1) is 0 Å². The number of hydrogen-bond donors (Lipinski definition) is 0. The number of fused-ring (bicyclic) bond motifs is 2. The molecule has 0 spiro atoms. The van der Waals surface area contributed by atoms with Crippen molar-refractivity contribution in [1.82, 2.24) is 4.90 Å². The standard InChI is InChI=1S/C12H12BrNO2/c1-7-9-3-2-4-11(13)10(9)5-8-6-16-12(15)14(7)8/h2-4,7-8H,5-6H2,1H3/t7?,8-/m1/s1. The van der Waals surface area contributed by atoms with Crippen LogP contribution in [0.3, 0.4) is 0 Å². The molecule has 1 amide bonds. The highest BCUT2D eigenvalue weighted by Crippen LogP contribution is 2.38. The molecule has 16 heavy (non-hydrogen) atoms. The molecule has 3 nitrogen and oxygen atoms in total. The van der Waals surface area contributed by atoms with Gasteiger partial charge in [0.2, 0.25) is 0 Å². The van der Waals surface area contributed by atoms with E-state index in [-0.39, 0.29) is 18.2 Å². The van der Waals surface area contributed by atoms with Crippen LogP contribution in [0.5, 0.6) is 0 Å². The first-order valence-electron chi connectivity index (χ1n) is 5.41. The highest BCUT2D eigenvalue weighted by atomic mass is 79.9. The van der Waals surface area contributed by atoms with E-state index in [1.165, 1.54) is 11.1 Å². The van der Waals surface area contributed by atoms with Crippen LogP contribution in [0.25, 0.3) is 0 Å². The van der Waals surface area contributed by atoms with Crippen LogP contribution in [0, 0.1) is 0 Å². The molecule has 2 atom stereocenters. The minimum Gasteiger partial charge on any atom is -0.447 e. The number of amides is 1. The Hall–Kier alpha value is -1.03. The van der Waals surface area contributed by atoms with Gasteiger partial charge >= 0.3 is 6.09 Å². The summed E-state index contributed by atoms with van der Waals surface area (Å²) in [5.41, 5.74) is 2.54. The van der Waals surface area contributed by atoms with Crippen molar-refractivity contribution in [2.24, 2.45) is 0 Å². The van der Waals surface area contributed by atoms with E-state index >= 15 is 0 Å². The predicted octanol–water partition coefficient (Wildman–Crippen LogP) is 2.89. The Bertz CT molecular complexity index is 460. The SMILES string of the molecule is CC1c2cccc(Br)c2C[C@@H]2COC(=O)N12. The second kappa shape index (κ2) is 3.48. The van der Waals surface area contributed by atoms with E-state index in [1.807, 2.05) is 11.0 Å². The highest BCUT2D eigenvalue weighted by molar-refractivity contribution is 9.10. The Morgan fingerprint density at radius 2 is 2.31 bits per heavy atom. The van der Waals surface area contributed by atoms with Crippen molar-refractivity contribution in [3.8, 4) is 0 Å². The van der Waals surface area contributed by atoms with Gasteiger partial charge in [-0.05, 0) is 30.5 Å². The second-order valence-electron chi connectivity index (χ2n) is 4.33. The maximum atomic E-state index is 11.6. The van der Waals surface area contributed by atoms with Gasteiger partial charge in [-0.25, -0.2) is 4.79 Å². The third-order valence-corrected chi connectivity index (χ3v) is 4.21. The summed E-state index contributed by atoms with van der Waals surface area (Å²) < 4.78 is 6.25. The number of carbonyl (C=O) groups is 1. The molecule has 1 aromatic carbocycles. The summed E-state index contributed by atoms with van der Waals surface area (Å²) in [6.07, 6.45) is 0.704. The summed E-state index contributed by atoms with van der Waals surface area (Å²) in [6.45, 7) is 2.58. The van der Waals surface area contributed by atoms with E-state index in [4.69, 9.17) is 4.74 Å². The summed E-state index contributed by atoms with van der Waals surface area (Å²) in [5.74, 6) is 0. The van der Waals surface area contributed by atoms with Gasteiger partial charge in [0.05, 0.1) is 12.1 Å². The molecule has 1 fully saturated rings. The number of rotatable bonds is 0. The summed E-state index contributed by atoms with van der Waals surface area (Å²) in [4.78, 5) is 13.5. The van der Waals surface area contributed by atoms with Gasteiger partial charge in [-0.1, -0.05) is 28.1 Å². The fraction of sp³-hybridized carbons (Fsp3) is 0.417. The van der Waals surface area contributed by atoms with Crippen LogP contribution < -0.4 is 0 Å². The first kappa shape index (κ1) is 10.1. The number of halogens is 1. The van der Waals surface area contributed by atoms with Gasteiger partial charge < -0.3 is 4.74 Å². The predicted molar refractivity (Wildman–Crippen MR) is 63.2 cm³/mol. The molecule has 1 unspecified atom stereocenters. The fourth-order valence-corrected chi connectivity index (χ4v) is 3.21. The molecule has 0 aromatic heterocycles. The molecular formula is C12H12BrNO2. The fourth-order valence-electron chi connectivity index (χ4n) is 2.67. The lowest BCUT2D eigenvalue weighted by Crippen LogP contribution is -2.41. The lowest BCUT2D eigenvalue weighted by Gasteiger charge is -2.35. The van der Waals surface area contributed by atoms with Crippen molar-refractivity contribution in [2.45, 2.75) is 25.4 Å². The molecule has 0 radical (unpaired) electrons. The molecule has 2 aliphatic rings. The van der Waals surface area contributed by atoms with Crippen LogP contribution in [0.2, 0.25) is 0 Å². The van der Waals surface area contributed by atoms with Crippen molar-refractivity contribution in [2.75, 3.05) is 6.61 Å². The molecule has 0 saturated carbocycles. The van der Waals surface area contributed by atoms with Gasteiger partial charge in [-0.3, -0.25) is 4.90 Å². The van der Waals surface area contributed by atoms with Gasteiger partial charge in [0, 0.05) is 4.47 Å². The van der Waals surface area contributed by atoms with Crippen LogP contribution in [0.15, 0.2) is 22.7 Å². The number of cyclic esters (lactones) is 1. The first-order valence-corrected chi connectivity index (χ1v) is 6.20. The normalized spacial score (nSPS) is 27.4. The molecule has 4 heteroatoms. The molecule has 2 heterocycles. The monoisotopic (exact) mass is 281 g/mol. The summed E-state index contributed by atoms with van der Waals surface area (Å²) in [5, 5.41) is 0. The Morgan fingerprint density at radius 3 is 3.12 bits per heavy atom. The molecule has 3 rings (SSSR count). The second-order valence-corrected chi connectivity index (χ2v) is 5.18. The molecule has 1 aromatic rings. The zero-order valence-corrected chi connectivity index (χ0v) is 10.5. The third kappa shape index (κ3) is 1.29. The zero-order chi connectivity index (χ0) is 11.3. The van der Waals surface area contributed by atoms with Crippen molar-refractivity contribution < 1.29 is 9.53 Å². The lowest BCUT2D eigenvalue weighted by atomic mass is 9.90. The van der Waals surface area contributed by atoms with E-state index in [0.717, 1.165) is 10.9 Å². The van der Waals surface area contributed by atoms with Gasteiger partial charge in [-0.2, -0.15) is 0 Å². The summed E-state index contributed by atoms with van der Waals surface area (Å²) >= 11 is 3.58. The number of ether oxygens (including phenoxy) is 1. The molecule has 0 N–H and O–H groups in total. The number of nitrogens with zero attached hydrogens (tertiary/aromatic N) is 1. The van der Waals surface area contributed by atoms with E-state index in [1.54, 1.807) is 0 Å². The van der Waals surface area contributed by atoms with Crippen LogP contribution in [0.1, 0.15) is 24.1 Å². The van der Waals surface area contributed by atoms with Crippen molar-refractivity contribution in [1.29, 1.82) is 0 Å². The summed E-state index contributed by atoms with van der Waals surface area (Å²) in [6, 6.07) is 6.47. The zero-order valence-electron chi connectivity index (χ0n) is 8.94. The molecule has 2 aliphatic heterocycles. The largest absolute Gasteiger partial charge is 0.447 e. The first-order chi connectivity index (χ1) is 7.68. The average Bonchev–Trinajstić information content (AvgIpc) is 2.63. The maximum absolute atomic E-state index is 11.6.